The Kier molecular flexibility index (Phi) is 3.81. The van der Waals surface area contributed by atoms with E-state index in [-0.39, 0.29) is 0 Å². The summed E-state index contributed by atoms with van der Waals surface area (Å²) < 4.78 is 0. The zero-order valence-electron chi connectivity index (χ0n) is 13.6. The number of rotatable bonds is 4. The number of aliphatic imine (C=N–C) groups is 1. The van der Waals surface area contributed by atoms with Crippen molar-refractivity contribution in [1.29, 1.82) is 0 Å². The number of para-hydroxylation sites is 1. The number of carbonyl (C=O) groups excluding carboxylic acids is 1. The summed E-state index contributed by atoms with van der Waals surface area (Å²) in [4.78, 5) is 19.9. The molecule has 4 heteroatoms. The highest BCUT2D eigenvalue weighted by atomic mass is 16.1. The Balaban J connectivity index is 1.76. The van der Waals surface area contributed by atoms with E-state index in [2.05, 4.69) is 46.9 Å². The lowest BCUT2D eigenvalue weighted by Crippen LogP contribution is -2.45. The number of hydrogen-bond donors (Lipinski definition) is 0. The molecule has 2 unspecified atom stereocenters. The van der Waals surface area contributed by atoms with Crippen LogP contribution in [-0.4, -0.2) is 37.2 Å². The summed E-state index contributed by atoms with van der Waals surface area (Å²) in [5, 5.41) is 0. The van der Waals surface area contributed by atoms with Gasteiger partial charge < -0.3 is 9.80 Å². The van der Waals surface area contributed by atoms with Crippen molar-refractivity contribution in [2.45, 2.75) is 24.9 Å². The minimum absolute atomic E-state index is 0.351. The van der Waals surface area contributed by atoms with Gasteiger partial charge in [0.15, 0.2) is 0 Å². The van der Waals surface area contributed by atoms with Crippen LogP contribution in [0.3, 0.4) is 0 Å². The minimum atomic E-state index is 0.351. The van der Waals surface area contributed by atoms with Gasteiger partial charge in [0.05, 0.1) is 11.4 Å². The molecule has 0 aliphatic carbocycles. The molecule has 1 saturated heterocycles. The third-order valence-electron chi connectivity index (χ3n) is 5.26. The van der Waals surface area contributed by atoms with E-state index >= 15 is 0 Å². The summed E-state index contributed by atoms with van der Waals surface area (Å²) >= 11 is 0. The summed E-state index contributed by atoms with van der Waals surface area (Å²) in [6.45, 7) is 6.22. The Morgan fingerprint density at radius 2 is 2.00 bits per heavy atom. The first-order valence-electron chi connectivity index (χ1n) is 8.41. The fraction of sp³-hybridized carbons (Fsp3) is 0.300. The number of hydrogen-bond acceptors (Lipinski definition) is 3. The van der Waals surface area contributed by atoms with Crippen molar-refractivity contribution in [1.82, 2.24) is 4.90 Å². The molecule has 2 aliphatic heterocycles. The third kappa shape index (κ3) is 2.39. The summed E-state index contributed by atoms with van der Waals surface area (Å²) in [6, 6.07) is 17.2. The highest BCUT2D eigenvalue weighted by Crippen LogP contribution is 2.49. The van der Waals surface area contributed by atoms with E-state index in [0.29, 0.717) is 12.0 Å². The molecule has 4 rings (SSSR count). The zero-order chi connectivity index (χ0) is 16.5. The quantitative estimate of drug-likeness (QED) is 0.640. The van der Waals surface area contributed by atoms with Crippen LogP contribution in [0.2, 0.25) is 0 Å². The molecule has 0 N–H and O–H groups in total. The second-order valence-corrected chi connectivity index (χ2v) is 6.55. The van der Waals surface area contributed by atoms with Crippen LogP contribution in [-0.2, 0) is 11.3 Å². The highest BCUT2D eigenvalue weighted by Gasteiger charge is 2.42. The summed E-state index contributed by atoms with van der Waals surface area (Å²) in [7, 11) is 0. The van der Waals surface area contributed by atoms with Crippen molar-refractivity contribution in [3.63, 3.8) is 0 Å². The number of piperidine rings is 1. The van der Waals surface area contributed by atoms with Gasteiger partial charge in [-0.3, -0.25) is 9.79 Å². The van der Waals surface area contributed by atoms with Crippen molar-refractivity contribution in [2.24, 2.45) is 4.99 Å². The van der Waals surface area contributed by atoms with E-state index in [1.807, 2.05) is 23.1 Å². The maximum atomic E-state index is 11.2. The van der Waals surface area contributed by atoms with Crippen LogP contribution in [0, 0.1) is 0 Å². The van der Waals surface area contributed by atoms with Gasteiger partial charge in [-0.25, -0.2) is 0 Å². The molecular weight excluding hydrogens is 298 g/mol. The van der Waals surface area contributed by atoms with Gasteiger partial charge in [-0.15, -0.1) is 0 Å². The Labute approximate surface area is 142 Å². The summed E-state index contributed by atoms with van der Waals surface area (Å²) in [5.74, 6) is 0.351. The molecule has 1 fully saturated rings. The number of likely N-dealkylation sites (tertiary alicyclic amines) is 1. The Hall–Kier alpha value is -2.62. The van der Waals surface area contributed by atoms with Crippen LogP contribution in [0.5, 0.6) is 0 Å². The van der Waals surface area contributed by atoms with Crippen molar-refractivity contribution in [3.8, 4) is 0 Å². The molecule has 24 heavy (non-hydrogen) atoms. The molecule has 0 radical (unpaired) electrons. The molecule has 0 aromatic heterocycles. The van der Waals surface area contributed by atoms with Gasteiger partial charge in [0.2, 0.25) is 6.41 Å². The number of nitrogens with zero attached hydrogens (tertiary/aromatic N) is 3. The first-order valence-corrected chi connectivity index (χ1v) is 8.41. The fourth-order valence-corrected chi connectivity index (χ4v) is 4.17. The molecule has 0 bridgehead atoms. The van der Waals surface area contributed by atoms with Crippen LogP contribution in [0.15, 0.2) is 53.5 Å². The lowest BCUT2D eigenvalue weighted by atomic mass is 9.89. The fourth-order valence-electron chi connectivity index (χ4n) is 4.17. The summed E-state index contributed by atoms with van der Waals surface area (Å²) in [6.07, 6.45) is 1.97. The Morgan fingerprint density at radius 1 is 1.17 bits per heavy atom. The topological polar surface area (TPSA) is 35.9 Å². The van der Waals surface area contributed by atoms with E-state index in [1.165, 1.54) is 16.8 Å². The second-order valence-electron chi connectivity index (χ2n) is 6.55. The van der Waals surface area contributed by atoms with Gasteiger partial charge in [0.1, 0.15) is 0 Å². The van der Waals surface area contributed by atoms with Crippen molar-refractivity contribution >= 4 is 24.5 Å². The van der Waals surface area contributed by atoms with Crippen molar-refractivity contribution in [3.05, 3.63) is 59.7 Å². The van der Waals surface area contributed by atoms with Crippen LogP contribution >= 0.6 is 0 Å². The average molecular weight is 319 g/mol. The van der Waals surface area contributed by atoms with Gasteiger partial charge in [0.25, 0.3) is 0 Å². The Morgan fingerprint density at radius 3 is 2.75 bits per heavy atom. The maximum absolute atomic E-state index is 11.2. The molecule has 2 aromatic rings. The standard InChI is InChI=1S/C20H21N3O/c1-21-18-9-5-8-16-17-13-22(14-24)11-10-19(17)23(20(16)18)12-15-6-3-2-4-7-15/h2-9,14,17,19H,1,10-13H2. The molecule has 1 amide bonds. The molecule has 4 nitrogen and oxygen atoms in total. The predicted octanol–water partition coefficient (Wildman–Crippen LogP) is 3.35. The van der Waals surface area contributed by atoms with Crippen LogP contribution < -0.4 is 4.90 Å². The zero-order valence-corrected chi connectivity index (χ0v) is 13.6. The molecule has 2 aromatic carbocycles. The van der Waals surface area contributed by atoms with E-state index in [0.717, 1.165) is 38.2 Å². The average Bonchev–Trinajstić information content (AvgIpc) is 2.96. The van der Waals surface area contributed by atoms with Crippen LogP contribution in [0.4, 0.5) is 11.4 Å². The van der Waals surface area contributed by atoms with Gasteiger partial charge in [-0.1, -0.05) is 42.5 Å². The van der Waals surface area contributed by atoms with Gasteiger partial charge in [0, 0.05) is 31.6 Å². The minimum Gasteiger partial charge on any atom is -0.361 e. The normalized spacial score (nSPS) is 22.0. The molecule has 0 spiro atoms. The number of anilines is 1. The molecule has 2 heterocycles. The molecule has 2 atom stereocenters. The highest BCUT2D eigenvalue weighted by molar-refractivity contribution is 5.77. The van der Waals surface area contributed by atoms with E-state index < -0.39 is 0 Å². The number of amides is 1. The maximum Gasteiger partial charge on any atom is 0.209 e. The lowest BCUT2D eigenvalue weighted by Gasteiger charge is -2.37. The third-order valence-corrected chi connectivity index (χ3v) is 5.26. The first-order chi connectivity index (χ1) is 11.8. The van der Waals surface area contributed by atoms with Crippen molar-refractivity contribution < 1.29 is 4.79 Å². The first kappa shape index (κ1) is 14.9. The lowest BCUT2D eigenvalue weighted by molar-refractivity contribution is -0.119. The van der Waals surface area contributed by atoms with E-state index in [9.17, 15) is 4.79 Å². The van der Waals surface area contributed by atoms with E-state index in [4.69, 9.17) is 0 Å². The summed E-state index contributed by atoms with van der Waals surface area (Å²) in [5.41, 5.74) is 4.72. The largest absolute Gasteiger partial charge is 0.361 e. The monoisotopic (exact) mass is 319 g/mol. The molecule has 0 saturated carbocycles. The van der Waals surface area contributed by atoms with Crippen molar-refractivity contribution in [2.75, 3.05) is 18.0 Å². The number of fused-ring (bicyclic) bond motifs is 3. The van der Waals surface area contributed by atoms with Crippen LogP contribution in [0.25, 0.3) is 0 Å². The van der Waals surface area contributed by atoms with Gasteiger partial charge in [-0.05, 0) is 30.3 Å². The SMILES string of the molecule is C=Nc1cccc2c1N(Cc1ccccc1)C1CCN(C=O)CC21. The van der Waals surface area contributed by atoms with Gasteiger partial charge in [-0.2, -0.15) is 0 Å². The molecule has 2 aliphatic rings. The smallest absolute Gasteiger partial charge is 0.209 e. The second kappa shape index (κ2) is 6.11. The van der Waals surface area contributed by atoms with Crippen LogP contribution in [0.1, 0.15) is 23.5 Å². The predicted molar refractivity (Wildman–Crippen MR) is 97.1 cm³/mol. The Bertz CT molecular complexity index is 759. The molecule has 122 valence electrons. The molecular formula is C20H21N3O. The number of carbonyl (C=O) groups is 1. The number of benzene rings is 2. The van der Waals surface area contributed by atoms with E-state index in [1.54, 1.807) is 0 Å². The van der Waals surface area contributed by atoms with Gasteiger partial charge >= 0.3 is 0 Å².